The molecule has 1 aromatic carbocycles. The number of alkyl carbamates (subject to hydrolysis) is 1. The van der Waals surface area contributed by atoms with Crippen LogP contribution in [0.5, 0.6) is 0 Å². The van der Waals surface area contributed by atoms with Gasteiger partial charge in [-0.15, -0.1) is 0 Å². The highest BCUT2D eigenvalue weighted by Crippen LogP contribution is 2.47. The molecule has 0 radical (unpaired) electrons. The number of fused-ring (bicyclic) bond motifs is 3. The molecule has 3 N–H and O–H groups in total. The van der Waals surface area contributed by atoms with Crippen LogP contribution in [0.1, 0.15) is 96.6 Å². The molecule has 0 spiro atoms. The van der Waals surface area contributed by atoms with Crippen LogP contribution in [0, 0.1) is 5.92 Å². The average Bonchev–Trinajstić information content (AvgIpc) is 3.84. The van der Waals surface area contributed by atoms with E-state index in [0.29, 0.717) is 30.7 Å². The molecule has 14 nitrogen and oxygen atoms in total. The molecule has 16 heteroatoms. The van der Waals surface area contributed by atoms with Crippen molar-refractivity contribution in [1.82, 2.24) is 25.2 Å². The van der Waals surface area contributed by atoms with E-state index in [1.807, 2.05) is 18.2 Å². The largest absolute Gasteiger partial charge is 0.444 e. The fourth-order valence-corrected chi connectivity index (χ4v) is 8.69. The molecule has 284 valence electrons. The first kappa shape index (κ1) is 37.9. The Morgan fingerprint density at radius 3 is 2.52 bits per heavy atom. The summed E-state index contributed by atoms with van der Waals surface area (Å²) in [5.41, 5.74) is -0.665. The molecule has 5 amide bonds. The quantitative estimate of drug-likeness (QED) is 0.373. The summed E-state index contributed by atoms with van der Waals surface area (Å²) in [7, 11) is -4.00. The number of ether oxygens (including phenoxy) is 2. The van der Waals surface area contributed by atoms with Gasteiger partial charge in [0, 0.05) is 23.9 Å². The second-order valence-corrected chi connectivity index (χ2v) is 18.5. The molecule has 6 rings (SSSR count). The second kappa shape index (κ2) is 14.2. The van der Waals surface area contributed by atoms with E-state index in [4.69, 9.17) is 21.1 Å². The van der Waals surface area contributed by atoms with E-state index in [9.17, 15) is 32.4 Å². The van der Waals surface area contributed by atoms with E-state index in [1.54, 1.807) is 39.8 Å². The van der Waals surface area contributed by atoms with Gasteiger partial charge in [-0.3, -0.25) is 24.0 Å². The topological polar surface area (TPSA) is 181 Å². The molecule has 0 bridgehead atoms. The van der Waals surface area contributed by atoms with Crippen LogP contribution in [0.2, 0.25) is 5.02 Å². The minimum Gasteiger partial charge on any atom is -0.444 e. The number of nitrogens with zero attached hydrogens (tertiary/aromatic N) is 2. The first-order chi connectivity index (χ1) is 24.4. The third kappa shape index (κ3) is 8.04. The summed E-state index contributed by atoms with van der Waals surface area (Å²) in [4.78, 5) is 71.4. The minimum atomic E-state index is -4.00. The first-order valence-corrected chi connectivity index (χ1v) is 19.8. The third-order valence-corrected chi connectivity index (χ3v) is 13.1. The normalized spacial score (nSPS) is 28.6. The Morgan fingerprint density at radius 1 is 1.08 bits per heavy atom. The summed E-state index contributed by atoms with van der Waals surface area (Å²) in [5, 5.41) is 6.05. The number of benzene rings is 1. The van der Waals surface area contributed by atoms with Gasteiger partial charge < -0.3 is 25.0 Å². The van der Waals surface area contributed by atoms with E-state index < -0.39 is 79.9 Å². The predicted molar refractivity (Wildman–Crippen MR) is 190 cm³/mol. The van der Waals surface area contributed by atoms with Crippen LogP contribution in [0.3, 0.4) is 0 Å². The maximum absolute atomic E-state index is 14.3. The van der Waals surface area contributed by atoms with Gasteiger partial charge in [0.05, 0.1) is 17.8 Å². The van der Waals surface area contributed by atoms with Crippen LogP contribution in [-0.4, -0.2) is 88.7 Å². The lowest BCUT2D eigenvalue weighted by Gasteiger charge is -2.30. The van der Waals surface area contributed by atoms with E-state index in [2.05, 4.69) is 15.4 Å². The summed E-state index contributed by atoms with van der Waals surface area (Å²) in [6, 6.07) is 3.18. The Balaban J connectivity index is 1.26. The summed E-state index contributed by atoms with van der Waals surface area (Å²) in [5.74, 6) is -2.55. The zero-order valence-corrected chi connectivity index (χ0v) is 31.6. The van der Waals surface area contributed by atoms with Crippen molar-refractivity contribution in [3.63, 3.8) is 0 Å². The van der Waals surface area contributed by atoms with Crippen LogP contribution in [0.15, 0.2) is 30.4 Å². The lowest BCUT2D eigenvalue weighted by molar-refractivity contribution is -0.141. The summed E-state index contributed by atoms with van der Waals surface area (Å²) in [6.45, 7) is 7.06. The predicted octanol–water partition coefficient (Wildman–Crippen LogP) is 4.05. The van der Waals surface area contributed by atoms with E-state index in [0.717, 1.165) is 24.0 Å². The highest BCUT2D eigenvalue weighted by atomic mass is 35.5. The molecule has 5 atom stereocenters. The van der Waals surface area contributed by atoms with Gasteiger partial charge in [0.1, 0.15) is 29.3 Å². The number of amides is 5. The maximum atomic E-state index is 14.3. The summed E-state index contributed by atoms with van der Waals surface area (Å²) in [6.07, 6.45) is 5.40. The number of rotatable bonds is 5. The van der Waals surface area contributed by atoms with Crippen LogP contribution in [0.4, 0.5) is 9.59 Å². The lowest BCUT2D eigenvalue weighted by atomic mass is 10.0. The van der Waals surface area contributed by atoms with Crippen molar-refractivity contribution in [2.45, 2.75) is 133 Å². The zero-order valence-electron chi connectivity index (χ0n) is 30.0. The summed E-state index contributed by atoms with van der Waals surface area (Å²) < 4.78 is 38.7. The Bertz CT molecular complexity index is 1770. The number of allylic oxidation sites excluding steroid dienone is 1. The average molecular weight is 762 g/mol. The van der Waals surface area contributed by atoms with E-state index in [-0.39, 0.29) is 38.9 Å². The summed E-state index contributed by atoms with van der Waals surface area (Å²) >= 11 is 6.36. The Hall–Kier alpha value is -3.85. The van der Waals surface area contributed by atoms with Crippen molar-refractivity contribution < 1.29 is 41.9 Å². The van der Waals surface area contributed by atoms with Crippen LogP contribution in [-0.2, 0) is 47.0 Å². The SMILES string of the molecule is CC(C)(C)OC(=O)N[C@H]1CCCCCC=C[C@@H]2C[C@@]2(C(=O)NS(=O)(=O)C2(C)CC2)NC(=O)[C@@H]2C[C@@H](OC(=O)N3Cc4cccc(Cl)c4C3)CN2C1=O. The molecular weight excluding hydrogens is 714 g/mol. The van der Waals surface area contributed by atoms with Gasteiger partial charge in [-0.2, -0.15) is 0 Å². The molecule has 3 fully saturated rings. The molecule has 52 heavy (non-hydrogen) atoms. The lowest BCUT2D eigenvalue weighted by Crippen LogP contribution is -2.58. The third-order valence-electron chi connectivity index (χ3n) is 10.6. The van der Waals surface area contributed by atoms with Gasteiger partial charge >= 0.3 is 12.2 Å². The van der Waals surface area contributed by atoms with Crippen molar-refractivity contribution in [3.8, 4) is 0 Å². The number of sulfonamides is 1. The molecule has 5 aliphatic rings. The minimum absolute atomic E-state index is 0.0847. The van der Waals surface area contributed by atoms with E-state index >= 15 is 0 Å². The fourth-order valence-electron chi connectivity index (χ4n) is 7.12. The Labute approximate surface area is 309 Å². The van der Waals surface area contributed by atoms with Gasteiger partial charge in [0.2, 0.25) is 21.8 Å². The van der Waals surface area contributed by atoms with Crippen LogP contribution < -0.4 is 15.4 Å². The van der Waals surface area contributed by atoms with Gasteiger partial charge in [-0.05, 0) is 83.4 Å². The van der Waals surface area contributed by atoms with Crippen molar-refractivity contribution in [2.75, 3.05) is 6.54 Å². The highest BCUT2D eigenvalue weighted by molar-refractivity contribution is 7.91. The Kier molecular flexibility index (Phi) is 10.3. The first-order valence-electron chi connectivity index (χ1n) is 18.0. The molecule has 2 aliphatic carbocycles. The molecule has 3 heterocycles. The van der Waals surface area contributed by atoms with Crippen LogP contribution in [0.25, 0.3) is 0 Å². The van der Waals surface area contributed by atoms with Gasteiger partial charge in [-0.25, -0.2) is 18.0 Å². The second-order valence-electron chi connectivity index (χ2n) is 15.9. The fraction of sp³-hybridized carbons (Fsp3) is 0.639. The number of carbonyl (C=O) groups is 5. The highest BCUT2D eigenvalue weighted by Gasteiger charge is 2.63. The van der Waals surface area contributed by atoms with E-state index in [1.165, 1.54) is 9.80 Å². The molecule has 0 aromatic heterocycles. The van der Waals surface area contributed by atoms with Gasteiger partial charge in [0.15, 0.2) is 0 Å². The van der Waals surface area contributed by atoms with Gasteiger partial charge in [0.25, 0.3) is 5.91 Å². The molecule has 2 saturated carbocycles. The smallest absolute Gasteiger partial charge is 0.410 e. The molecular formula is C36H48ClN5O9S. The molecule has 3 aliphatic heterocycles. The monoisotopic (exact) mass is 761 g/mol. The number of nitrogens with one attached hydrogen (secondary N) is 3. The maximum Gasteiger partial charge on any atom is 0.410 e. The number of hydrogen-bond donors (Lipinski definition) is 3. The molecule has 1 saturated heterocycles. The number of carbonyl (C=O) groups excluding carboxylic acids is 5. The van der Waals surface area contributed by atoms with Crippen molar-refractivity contribution in [2.24, 2.45) is 5.92 Å². The van der Waals surface area contributed by atoms with Crippen LogP contribution >= 0.6 is 11.6 Å². The number of halogens is 1. The molecule has 0 unspecified atom stereocenters. The van der Waals surface area contributed by atoms with Crippen molar-refractivity contribution >= 4 is 51.5 Å². The van der Waals surface area contributed by atoms with Crippen molar-refractivity contribution in [3.05, 3.63) is 46.5 Å². The standard InChI is InChI=1S/C36H48ClN5O9S/c1-34(2,3)51-32(46)38-27-14-9-7-5-6-8-12-23-18-36(23,31(45)40-52(48,49)35(4)15-16-35)39-29(43)28-17-24(20-42(28)30(27)44)50-33(47)41-19-22-11-10-13-26(37)25(22)21-41/h8,10-13,23-24,27-28H,5-7,9,14-21H2,1-4H3,(H,38,46)(H,39,43)(H,40,45)/t23-,24-,27+,28+,36-/m1/s1. The number of hydrogen-bond acceptors (Lipinski definition) is 9. The van der Waals surface area contributed by atoms with Gasteiger partial charge in [-0.1, -0.05) is 48.7 Å². The zero-order chi connectivity index (χ0) is 37.6. The van der Waals surface area contributed by atoms with Crippen molar-refractivity contribution in [1.29, 1.82) is 0 Å². The Morgan fingerprint density at radius 2 is 1.83 bits per heavy atom. The molecule has 1 aromatic rings.